The van der Waals surface area contributed by atoms with E-state index < -0.39 is 23.1 Å². The van der Waals surface area contributed by atoms with Gasteiger partial charge in [0.15, 0.2) is 0 Å². The van der Waals surface area contributed by atoms with Crippen molar-refractivity contribution in [2.45, 2.75) is 31.4 Å². The quantitative estimate of drug-likeness (QED) is 0.718. The molecule has 1 aliphatic carbocycles. The third-order valence-corrected chi connectivity index (χ3v) is 5.28. The molecule has 4 nitrogen and oxygen atoms in total. The van der Waals surface area contributed by atoms with Crippen molar-refractivity contribution in [1.29, 1.82) is 0 Å². The molecule has 2 aromatic rings. The number of benzene rings is 2. The number of para-hydroxylation sites is 1. The van der Waals surface area contributed by atoms with Crippen LogP contribution in [0.1, 0.15) is 30.9 Å². The molecule has 8 heteroatoms. The van der Waals surface area contributed by atoms with Crippen LogP contribution in [0.2, 0.25) is 5.02 Å². The normalized spacial score (nSPS) is 14.9. The lowest BCUT2D eigenvalue weighted by atomic mass is 9.94. The Hall–Kier alpha value is -2.54. The summed E-state index contributed by atoms with van der Waals surface area (Å²) in [7, 11) is 0. The van der Waals surface area contributed by atoms with E-state index in [1.165, 1.54) is 23.1 Å². The van der Waals surface area contributed by atoms with Gasteiger partial charge in [-0.15, -0.1) is 0 Å². The zero-order valence-corrected chi connectivity index (χ0v) is 16.5. The van der Waals surface area contributed by atoms with Crippen molar-refractivity contribution < 1.29 is 22.8 Å². The molecule has 2 amide bonds. The van der Waals surface area contributed by atoms with Crippen molar-refractivity contribution >= 4 is 29.1 Å². The highest BCUT2D eigenvalue weighted by Gasteiger charge is 2.53. The van der Waals surface area contributed by atoms with E-state index in [0.29, 0.717) is 17.9 Å². The molecule has 0 aromatic heterocycles. The number of alkyl halides is 3. The van der Waals surface area contributed by atoms with Crippen LogP contribution >= 0.6 is 11.6 Å². The molecule has 1 saturated carbocycles. The van der Waals surface area contributed by atoms with Crippen LogP contribution in [-0.4, -0.2) is 29.8 Å². The Bertz CT molecular complexity index is 926. The lowest BCUT2D eigenvalue weighted by Crippen LogP contribution is -2.43. The maximum absolute atomic E-state index is 13.1. The Morgan fingerprint density at radius 3 is 2.41 bits per heavy atom. The monoisotopic (exact) mass is 424 g/mol. The molecule has 0 radical (unpaired) electrons. The number of hydrogen-bond donors (Lipinski definition) is 1. The van der Waals surface area contributed by atoms with Crippen molar-refractivity contribution in [2.24, 2.45) is 0 Å². The molecule has 0 spiro atoms. The summed E-state index contributed by atoms with van der Waals surface area (Å²) < 4.78 is 39.3. The molecule has 0 atom stereocenters. The minimum atomic E-state index is -4.59. The van der Waals surface area contributed by atoms with Gasteiger partial charge in [-0.25, -0.2) is 0 Å². The lowest BCUT2D eigenvalue weighted by Gasteiger charge is -2.26. The van der Waals surface area contributed by atoms with Gasteiger partial charge in [0, 0.05) is 11.6 Å². The Kier molecular flexibility index (Phi) is 5.89. The molecule has 1 fully saturated rings. The second-order valence-corrected chi connectivity index (χ2v) is 7.44. The fraction of sp³-hybridized carbons (Fsp3) is 0.333. The molecule has 0 bridgehead atoms. The largest absolute Gasteiger partial charge is 0.418 e. The van der Waals surface area contributed by atoms with E-state index in [0.717, 1.165) is 11.6 Å². The van der Waals surface area contributed by atoms with Gasteiger partial charge < -0.3 is 10.2 Å². The first kappa shape index (κ1) is 21.2. The van der Waals surface area contributed by atoms with Crippen LogP contribution in [0, 0.1) is 0 Å². The van der Waals surface area contributed by atoms with Crippen molar-refractivity contribution in [2.75, 3.05) is 18.4 Å². The van der Waals surface area contributed by atoms with Gasteiger partial charge in [0.25, 0.3) is 0 Å². The predicted molar refractivity (Wildman–Crippen MR) is 105 cm³/mol. The number of anilines is 1. The summed E-state index contributed by atoms with van der Waals surface area (Å²) in [6.45, 7) is 1.65. The van der Waals surface area contributed by atoms with Gasteiger partial charge in [0.1, 0.15) is 0 Å². The van der Waals surface area contributed by atoms with Gasteiger partial charge in [-0.1, -0.05) is 35.9 Å². The summed E-state index contributed by atoms with van der Waals surface area (Å²) in [5, 5.41) is 2.80. The van der Waals surface area contributed by atoms with Crippen molar-refractivity contribution in [1.82, 2.24) is 4.90 Å². The Balaban J connectivity index is 1.74. The van der Waals surface area contributed by atoms with Gasteiger partial charge in [0.05, 0.1) is 23.2 Å². The number of likely N-dealkylation sites (N-methyl/N-ethyl adjacent to an activating group) is 1. The number of carbonyl (C=O) groups excluding carboxylic acids is 2. The van der Waals surface area contributed by atoms with Crippen LogP contribution in [0.3, 0.4) is 0 Å². The minimum Gasteiger partial charge on any atom is -0.333 e. The highest BCUT2D eigenvalue weighted by molar-refractivity contribution is 6.30. The smallest absolute Gasteiger partial charge is 0.333 e. The standard InChI is InChI=1S/C21H20ClF3N2O2/c1-2-27(19(29)20(10-11-20)14-6-5-7-15(22)12-14)13-18(28)26-17-9-4-3-8-16(17)21(23,24)25/h3-9,12H,2,10-11,13H2,1H3,(H,26,28). The van der Waals surface area contributed by atoms with Gasteiger partial charge in [-0.05, 0) is 49.6 Å². The summed E-state index contributed by atoms with van der Waals surface area (Å²) in [5.41, 5.74) is -1.19. The lowest BCUT2D eigenvalue weighted by molar-refractivity contribution is -0.138. The summed E-state index contributed by atoms with van der Waals surface area (Å²) >= 11 is 6.04. The molecule has 154 valence electrons. The highest BCUT2D eigenvalue weighted by Crippen LogP contribution is 2.50. The van der Waals surface area contributed by atoms with E-state index in [9.17, 15) is 22.8 Å². The molecular formula is C21H20ClF3N2O2. The molecule has 0 saturated heterocycles. The summed E-state index contributed by atoms with van der Waals surface area (Å²) in [6.07, 6.45) is -3.31. The van der Waals surface area contributed by atoms with Crippen LogP contribution in [-0.2, 0) is 21.2 Å². The van der Waals surface area contributed by atoms with E-state index in [2.05, 4.69) is 5.32 Å². The average molecular weight is 425 g/mol. The first-order valence-electron chi connectivity index (χ1n) is 9.19. The zero-order chi connectivity index (χ0) is 21.2. The summed E-state index contributed by atoms with van der Waals surface area (Å²) in [5.74, 6) is -0.902. The Labute approximate surface area is 171 Å². The number of rotatable bonds is 6. The van der Waals surface area contributed by atoms with Crippen LogP contribution in [0.4, 0.5) is 18.9 Å². The summed E-state index contributed by atoms with van der Waals surface area (Å²) in [4.78, 5) is 26.9. The Morgan fingerprint density at radius 2 is 1.83 bits per heavy atom. The van der Waals surface area contributed by atoms with Gasteiger partial charge in [-0.2, -0.15) is 13.2 Å². The number of nitrogens with one attached hydrogen (secondary N) is 1. The third-order valence-electron chi connectivity index (χ3n) is 5.05. The molecule has 3 rings (SSSR count). The van der Waals surface area contributed by atoms with Crippen LogP contribution in [0.5, 0.6) is 0 Å². The van der Waals surface area contributed by atoms with E-state index in [4.69, 9.17) is 11.6 Å². The second-order valence-electron chi connectivity index (χ2n) is 7.00. The Morgan fingerprint density at radius 1 is 1.14 bits per heavy atom. The topological polar surface area (TPSA) is 49.4 Å². The van der Waals surface area contributed by atoms with Crippen molar-refractivity contribution in [3.05, 3.63) is 64.7 Å². The highest BCUT2D eigenvalue weighted by atomic mass is 35.5. The fourth-order valence-electron chi connectivity index (χ4n) is 3.37. The van der Waals surface area contributed by atoms with Crippen LogP contribution < -0.4 is 5.32 Å². The van der Waals surface area contributed by atoms with Gasteiger partial charge in [-0.3, -0.25) is 9.59 Å². The second kappa shape index (κ2) is 8.06. The third kappa shape index (κ3) is 4.56. The van der Waals surface area contributed by atoms with Gasteiger partial charge in [0.2, 0.25) is 11.8 Å². The molecule has 2 aromatic carbocycles. The van der Waals surface area contributed by atoms with E-state index in [-0.39, 0.29) is 24.7 Å². The average Bonchev–Trinajstić information content (AvgIpc) is 3.47. The van der Waals surface area contributed by atoms with Crippen LogP contribution in [0.15, 0.2) is 48.5 Å². The number of amides is 2. The van der Waals surface area contributed by atoms with E-state index in [1.54, 1.807) is 25.1 Å². The summed E-state index contributed by atoms with van der Waals surface area (Å²) in [6, 6.07) is 11.8. The fourth-order valence-corrected chi connectivity index (χ4v) is 3.56. The first-order valence-corrected chi connectivity index (χ1v) is 9.56. The molecule has 0 unspecified atom stereocenters. The number of nitrogens with zero attached hydrogens (tertiary/aromatic N) is 1. The molecule has 1 N–H and O–H groups in total. The molecule has 0 heterocycles. The molecular weight excluding hydrogens is 405 g/mol. The maximum atomic E-state index is 13.1. The molecule has 0 aliphatic heterocycles. The maximum Gasteiger partial charge on any atom is 0.418 e. The van der Waals surface area contributed by atoms with Crippen molar-refractivity contribution in [3.8, 4) is 0 Å². The van der Waals surface area contributed by atoms with Gasteiger partial charge >= 0.3 is 6.18 Å². The van der Waals surface area contributed by atoms with E-state index >= 15 is 0 Å². The zero-order valence-electron chi connectivity index (χ0n) is 15.7. The number of hydrogen-bond acceptors (Lipinski definition) is 2. The molecule has 1 aliphatic rings. The predicted octanol–water partition coefficient (Wildman–Crippen LogP) is 4.88. The van der Waals surface area contributed by atoms with Crippen molar-refractivity contribution in [3.63, 3.8) is 0 Å². The van der Waals surface area contributed by atoms with E-state index in [1.807, 2.05) is 6.07 Å². The molecule has 29 heavy (non-hydrogen) atoms. The minimum absolute atomic E-state index is 0.221. The first-order chi connectivity index (χ1) is 13.7. The van der Waals surface area contributed by atoms with Crippen LogP contribution in [0.25, 0.3) is 0 Å². The number of carbonyl (C=O) groups is 2. The number of halogens is 4. The SMILES string of the molecule is CCN(CC(=O)Nc1ccccc1C(F)(F)F)C(=O)C1(c2cccc(Cl)c2)CC1.